The number of primary amides is 1. The number of aromatic nitrogens is 2. The number of carbonyl (C=O) groups excluding carboxylic acids is 1. The zero-order chi connectivity index (χ0) is 21.6. The zero-order valence-electron chi connectivity index (χ0n) is 15.4. The molecule has 0 saturated carbocycles. The van der Waals surface area contributed by atoms with E-state index in [0.29, 0.717) is 51.0 Å². The highest BCUT2D eigenvalue weighted by Crippen LogP contribution is 2.40. The van der Waals surface area contributed by atoms with E-state index in [1.165, 1.54) is 4.90 Å². The molecule has 3 heterocycles. The minimum Gasteiger partial charge on any atom is -0.465 e. The number of thiophene rings is 1. The summed E-state index contributed by atoms with van der Waals surface area (Å²) >= 11 is 13.3. The molecular weight excluding hydrogens is 451 g/mol. The Morgan fingerprint density at radius 3 is 2.67 bits per heavy atom. The fourth-order valence-electron chi connectivity index (χ4n) is 3.36. The number of benzene rings is 1. The van der Waals surface area contributed by atoms with Gasteiger partial charge in [-0.2, -0.15) is 0 Å². The van der Waals surface area contributed by atoms with Gasteiger partial charge in [0.1, 0.15) is 9.71 Å². The van der Waals surface area contributed by atoms with Gasteiger partial charge in [0.2, 0.25) is 5.95 Å². The highest BCUT2D eigenvalue weighted by Gasteiger charge is 2.27. The van der Waals surface area contributed by atoms with Crippen molar-refractivity contribution in [1.82, 2.24) is 14.9 Å². The maximum absolute atomic E-state index is 11.8. The summed E-state index contributed by atoms with van der Waals surface area (Å²) in [7, 11) is 0. The molecule has 2 aromatic heterocycles. The van der Waals surface area contributed by atoms with Crippen LogP contribution in [0.4, 0.5) is 16.4 Å². The van der Waals surface area contributed by atoms with Gasteiger partial charge in [0.05, 0.1) is 26.8 Å². The first-order valence-corrected chi connectivity index (χ1v) is 10.4. The predicted octanol–water partition coefficient (Wildman–Crippen LogP) is 3.51. The van der Waals surface area contributed by atoms with Crippen molar-refractivity contribution in [2.24, 2.45) is 5.73 Å². The van der Waals surface area contributed by atoms with Crippen LogP contribution in [-0.2, 0) is 0 Å². The Morgan fingerprint density at radius 2 is 2.03 bits per heavy atom. The molecule has 0 radical (unpaired) electrons. The molecule has 0 bridgehead atoms. The van der Waals surface area contributed by atoms with Gasteiger partial charge >= 0.3 is 6.09 Å². The number of nitrogens with two attached hydrogens (primary N) is 2. The molecule has 30 heavy (non-hydrogen) atoms. The van der Waals surface area contributed by atoms with Crippen LogP contribution in [0.5, 0.6) is 0 Å². The molecule has 1 atom stereocenters. The topological polar surface area (TPSA) is 147 Å². The van der Waals surface area contributed by atoms with E-state index < -0.39 is 12.0 Å². The summed E-state index contributed by atoms with van der Waals surface area (Å²) in [6.07, 6.45) is -0.348. The fourth-order valence-corrected chi connectivity index (χ4v) is 4.60. The Hall–Kier alpha value is -2.82. The normalized spacial score (nSPS) is 16.2. The number of nitrogen functional groups attached to an aromatic ring is 1. The third-order valence-electron chi connectivity index (χ3n) is 4.80. The van der Waals surface area contributed by atoms with Crippen molar-refractivity contribution >= 4 is 68.4 Å². The number of nitrogens with zero attached hydrogens (tertiary/aromatic N) is 3. The number of hydrogen-bond donors (Lipinski definition) is 4. The van der Waals surface area contributed by atoms with Crippen LogP contribution in [0, 0.1) is 0 Å². The van der Waals surface area contributed by atoms with Crippen molar-refractivity contribution in [3.05, 3.63) is 33.1 Å². The van der Waals surface area contributed by atoms with E-state index in [4.69, 9.17) is 39.8 Å². The summed E-state index contributed by atoms with van der Waals surface area (Å²) in [5.74, 6) is -0.365. The Kier molecular flexibility index (Phi) is 5.31. The molecule has 1 aliphatic heterocycles. The lowest BCUT2D eigenvalue weighted by Gasteiger charge is -2.15. The third kappa shape index (κ3) is 3.69. The minimum atomic E-state index is -0.968. The Balaban J connectivity index is 1.82. The summed E-state index contributed by atoms with van der Waals surface area (Å²) in [6, 6.07) is 4.88. The number of likely N-dealkylation sites (tertiary alicyclic amines) is 1. The van der Waals surface area contributed by atoms with E-state index >= 15 is 0 Å². The van der Waals surface area contributed by atoms with Gasteiger partial charge in [-0.1, -0.05) is 29.3 Å². The maximum atomic E-state index is 11.8. The van der Waals surface area contributed by atoms with Crippen LogP contribution in [0.3, 0.4) is 0 Å². The van der Waals surface area contributed by atoms with Gasteiger partial charge in [0.25, 0.3) is 5.91 Å². The van der Waals surface area contributed by atoms with E-state index in [1.807, 2.05) is 0 Å². The van der Waals surface area contributed by atoms with Gasteiger partial charge in [0, 0.05) is 24.7 Å². The van der Waals surface area contributed by atoms with Crippen LogP contribution in [-0.4, -0.2) is 51.1 Å². The minimum absolute atomic E-state index is 0.145. The second-order valence-corrected chi connectivity index (χ2v) is 8.59. The average Bonchev–Trinajstić information content (AvgIpc) is 3.28. The molecule has 1 aromatic carbocycles. The molecule has 4 rings (SSSR count). The number of fused-ring (bicyclic) bond motifs is 1. The van der Waals surface area contributed by atoms with E-state index in [9.17, 15) is 9.59 Å². The van der Waals surface area contributed by atoms with Crippen LogP contribution >= 0.6 is 34.5 Å². The van der Waals surface area contributed by atoms with Crippen molar-refractivity contribution in [3.8, 4) is 11.3 Å². The number of carbonyl (C=O) groups is 2. The monoisotopic (exact) mass is 466 g/mol. The number of hydrogen-bond acceptors (Lipinski definition) is 7. The van der Waals surface area contributed by atoms with Crippen molar-refractivity contribution < 1.29 is 14.7 Å². The van der Waals surface area contributed by atoms with Gasteiger partial charge in [-0.05, 0) is 18.6 Å². The van der Waals surface area contributed by atoms with Gasteiger partial charge in [-0.25, -0.2) is 14.8 Å². The Bertz CT molecular complexity index is 1180. The van der Waals surface area contributed by atoms with Gasteiger partial charge < -0.3 is 26.8 Å². The van der Waals surface area contributed by atoms with E-state index in [0.717, 1.165) is 11.3 Å². The van der Waals surface area contributed by atoms with Crippen molar-refractivity contribution in [1.29, 1.82) is 0 Å². The molecule has 12 heteroatoms. The predicted molar refractivity (Wildman–Crippen MR) is 117 cm³/mol. The second-order valence-electron chi connectivity index (χ2n) is 6.77. The lowest BCUT2D eigenvalue weighted by molar-refractivity contribution is 0.100. The van der Waals surface area contributed by atoms with Crippen LogP contribution in [0.15, 0.2) is 18.2 Å². The molecule has 1 fully saturated rings. The second kappa shape index (κ2) is 7.78. The smallest absolute Gasteiger partial charge is 0.407 e. The Labute approximate surface area is 184 Å². The fraction of sp³-hybridized carbons (Fsp3) is 0.222. The molecule has 156 valence electrons. The van der Waals surface area contributed by atoms with Gasteiger partial charge in [-0.3, -0.25) is 4.79 Å². The van der Waals surface area contributed by atoms with Crippen molar-refractivity contribution in [3.63, 3.8) is 0 Å². The molecule has 1 saturated heterocycles. The summed E-state index contributed by atoms with van der Waals surface area (Å²) < 4.78 is 0. The lowest BCUT2D eigenvalue weighted by atomic mass is 10.1. The summed E-state index contributed by atoms with van der Waals surface area (Å²) in [5.41, 5.74) is 13.0. The number of rotatable bonds is 4. The van der Waals surface area contributed by atoms with Crippen LogP contribution in [0.2, 0.25) is 10.0 Å². The van der Waals surface area contributed by atoms with Crippen molar-refractivity contribution in [2.45, 2.75) is 12.5 Å². The molecule has 9 nitrogen and oxygen atoms in total. The Morgan fingerprint density at radius 1 is 1.27 bits per heavy atom. The standard InChI is InChI=1S/C18H16Cl2N6O3S/c19-9-2-1-7(5-10(9)20)13-11-12(21)14(15(22)27)30-16(11)25-17(24-13)23-8-3-4-26(6-8)18(28)29/h1-2,5,8H,3-4,6,21H2,(H2,22,27)(H,28,29)(H,23,24,25)/t8-/m0/s1. The molecule has 0 aliphatic carbocycles. The molecular formula is C18H16Cl2N6O3S. The van der Waals surface area contributed by atoms with Crippen molar-refractivity contribution in [2.75, 3.05) is 24.1 Å². The number of halogens is 2. The highest BCUT2D eigenvalue weighted by atomic mass is 35.5. The molecule has 0 unspecified atom stereocenters. The van der Waals surface area contributed by atoms with E-state index in [1.54, 1.807) is 18.2 Å². The average molecular weight is 467 g/mol. The summed E-state index contributed by atoms with van der Waals surface area (Å²) in [5, 5.41) is 13.6. The zero-order valence-corrected chi connectivity index (χ0v) is 17.7. The number of amides is 2. The largest absolute Gasteiger partial charge is 0.465 e. The van der Waals surface area contributed by atoms with E-state index in [-0.39, 0.29) is 22.6 Å². The van der Waals surface area contributed by atoms with Crippen LogP contribution < -0.4 is 16.8 Å². The maximum Gasteiger partial charge on any atom is 0.407 e. The van der Waals surface area contributed by atoms with Gasteiger partial charge in [0.15, 0.2) is 0 Å². The molecule has 0 spiro atoms. The van der Waals surface area contributed by atoms with Crippen LogP contribution in [0.25, 0.3) is 21.5 Å². The molecule has 2 amide bonds. The molecule has 1 aliphatic rings. The van der Waals surface area contributed by atoms with E-state index in [2.05, 4.69) is 15.3 Å². The summed E-state index contributed by atoms with van der Waals surface area (Å²) in [6.45, 7) is 0.741. The number of carboxylic acid groups (broad SMARTS) is 1. The van der Waals surface area contributed by atoms with Crippen LogP contribution in [0.1, 0.15) is 16.1 Å². The first-order valence-electron chi connectivity index (χ1n) is 8.84. The highest BCUT2D eigenvalue weighted by molar-refractivity contribution is 7.21. The quantitative estimate of drug-likeness (QED) is 0.459. The lowest BCUT2D eigenvalue weighted by Crippen LogP contribution is -2.30. The first-order chi connectivity index (χ1) is 14.2. The molecule has 3 aromatic rings. The first kappa shape index (κ1) is 20.5. The number of anilines is 2. The number of nitrogens with one attached hydrogen (secondary N) is 1. The van der Waals surface area contributed by atoms with Gasteiger partial charge in [-0.15, -0.1) is 11.3 Å². The SMILES string of the molecule is NC(=O)c1sc2nc(N[C@H]3CCN(C(=O)O)C3)nc(-c3ccc(Cl)c(Cl)c3)c2c1N. The third-order valence-corrected chi connectivity index (χ3v) is 6.65. The molecule has 6 N–H and O–H groups in total. The summed E-state index contributed by atoms with van der Waals surface area (Å²) in [4.78, 5) is 34.0.